The van der Waals surface area contributed by atoms with Crippen molar-refractivity contribution in [2.75, 3.05) is 30.9 Å². The van der Waals surface area contributed by atoms with Gasteiger partial charge in [0.25, 0.3) is 17.7 Å². The first-order valence-electron chi connectivity index (χ1n) is 13.3. The van der Waals surface area contributed by atoms with Gasteiger partial charge in [0.2, 0.25) is 0 Å². The molecule has 0 unspecified atom stereocenters. The molecule has 0 aliphatic carbocycles. The van der Waals surface area contributed by atoms with Gasteiger partial charge >= 0.3 is 5.97 Å². The van der Waals surface area contributed by atoms with Gasteiger partial charge in [0.05, 0.1) is 36.3 Å². The van der Waals surface area contributed by atoms with Crippen molar-refractivity contribution in [3.05, 3.63) is 95.3 Å². The number of carbonyl (C=O) groups is 4. The van der Waals surface area contributed by atoms with Gasteiger partial charge in [0.1, 0.15) is 23.7 Å². The zero-order valence-electron chi connectivity index (χ0n) is 24.2. The van der Waals surface area contributed by atoms with E-state index in [1.807, 2.05) is 36.4 Å². The lowest BCUT2D eigenvalue weighted by atomic mass is 10.1. The topological polar surface area (TPSA) is 146 Å². The zero-order chi connectivity index (χ0) is 30.9. The molecule has 3 heterocycles. The van der Waals surface area contributed by atoms with Crippen molar-refractivity contribution < 1.29 is 28.7 Å². The van der Waals surface area contributed by atoms with Crippen LogP contribution in [-0.2, 0) is 23.6 Å². The Kier molecular flexibility index (Phi) is 9.74. The average molecular weight is 585 g/mol. The van der Waals surface area contributed by atoms with Crippen LogP contribution in [0, 0.1) is 0 Å². The number of pyridine rings is 1. The second kappa shape index (κ2) is 13.8. The molecule has 4 rings (SSSR count). The summed E-state index contributed by atoms with van der Waals surface area (Å²) in [5, 5.41) is 8.21. The van der Waals surface area contributed by atoms with E-state index < -0.39 is 11.9 Å². The smallest absolute Gasteiger partial charge is 0.302 e. The van der Waals surface area contributed by atoms with Gasteiger partial charge in [0, 0.05) is 39.6 Å². The number of benzene rings is 1. The van der Waals surface area contributed by atoms with E-state index in [2.05, 4.69) is 20.9 Å². The lowest BCUT2D eigenvalue weighted by Crippen LogP contribution is -2.29. The molecule has 0 saturated heterocycles. The molecule has 222 valence electrons. The number of nitrogens with zero attached hydrogens (tertiary/aromatic N) is 3. The van der Waals surface area contributed by atoms with Gasteiger partial charge in [0.15, 0.2) is 0 Å². The summed E-state index contributed by atoms with van der Waals surface area (Å²) in [5.41, 5.74) is 3.49. The van der Waals surface area contributed by atoms with Crippen LogP contribution in [-0.4, -0.2) is 58.1 Å². The molecule has 0 saturated carbocycles. The Hall–Kier alpha value is -5.65. The first-order valence-corrected chi connectivity index (χ1v) is 13.3. The number of rotatable bonds is 11. The molecule has 43 heavy (non-hydrogen) atoms. The van der Waals surface area contributed by atoms with Gasteiger partial charge in [-0.1, -0.05) is 18.2 Å². The zero-order valence-corrected chi connectivity index (χ0v) is 24.2. The largest absolute Gasteiger partial charge is 0.497 e. The van der Waals surface area contributed by atoms with Crippen molar-refractivity contribution in [2.24, 2.45) is 14.1 Å². The van der Waals surface area contributed by atoms with Crippen molar-refractivity contribution >= 4 is 47.2 Å². The van der Waals surface area contributed by atoms with Crippen LogP contribution in [0.1, 0.15) is 49.5 Å². The fourth-order valence-corrected chi connectivity index (χ4v) is 4.10. The van der Waals surface area contributed by atoms with E-state index in [1.165, 1.54) is 19.2 Å². The minimum atomic E-state index is -0.428. The first kappa shape index (κ1) is 30.3. The van der Waals surface area contributed by atoms with Crippen LogP contribution in [0.15, 0.2) is 67.1 Å². The third kappa shape index (κ3) is 8.19. The molecule has 0 aliphatic heterocycles. The number of esters is 1. The second-order valence-electron chi connectivity index (χ2n) is 9.53. The van der Waals surface area contributed by atoms with Gasteiger partial charge in [-0.2, -0.15) is 0 Å². The Balaban J connectivity index is 1.33. The van der Waals surface area contributed by atoms with Gasteiger partial charge in [-0.05, 0) is 48.0 Å². The fraction of sp³-hybridized carbons (Fsp3) is 0.194. The standard InChI is InChI=1S/C31H32N6O6/c1-20(38)43-14-13-32-30(40)27-15-25(19-36(27)2)35-31(41)28-16-24(18-37(28)3)34-29(39)22-8-10-23(33-17-22)9-5-21-6-11-26(42-4)12-7-21/h5-12,15-19H,13-14H2,1-4H3,(H,32,40)(H,34,39)(H,35,41)/b9-5+. The summed E-state index contributed by atoms with van der Waals surface area (Å²) in [6.45, 7) is 1.51. The van der Waals surface area contributed by atoms with E-state index in [1.54, 1.807) is 60.9 Å². The highest BCUT2D eigenvalue weighted by molar-refractivity contribution is 6.07. The summed E-state index contributed by atoms with van der Waals surface area (Å²) < 4.78 is 13.1. The Morgan fingerprint density at radius 1 is 0.837 bits per heavy atom. The number of hydrogen-bond acceptors (Lipinski definition) is 7. The monoisotopic (exact) mass is 584 g/mol. The molecule has 0 radical (unpaired) electrons. The minimum absolute atomic E-state index is 0.0615. The average Bonchev–Trinajstić information content (AvgIpc) is 3.55. The van der Waals surface area contributed by atoms with Crippen molar-refractivity contribution in [1.29, 1.82) is 0 Å². The summed E-state index contributed by atoms with van der Waals surface area (Å²) in [6.07, 6.45) is 8.47. The van der Waals surface area contributed by atoms with Gasteiger partial charge in [-0.3, -0.25) is 24.2 Å². The number of methoxy groups -OCH3 is 1. The van der Waals surface area contributed by atoms with Crippen molar-refractivity contribution in [3.63, 3.8) is 0 Å². The maximum atomic E-state index is 13.0. The maximum absolute atomic E-state index is 13.0. The number of anilines is 2. The highest BCUT2D eigenvalue weighted by atomic mass is 16.5. The quantitative estimate of drug-likeness (QED) is 0.180. The number of amides is 3. The van der Waals surface area contributed by atoms with E-state index in [9.17, 15) is 19.2 Å². The summed E-state index contributed by atoms with van der Waals surface area (Å²) in [5.74, 6) is -0.829. The molecular weight excluding hydrogens is 552 g/mol. The predicted molar refractivity (Wildman–Crippen MR) is 162 cm³/mol. The van der Waals surface area contributed by atoms with Crippen LogP contribution in [0.25, 0.3) is 12.2 Å². The summed E-state index contributed by atoms with van der Waals surface area (Å²) in [6, 6.07) is 14.1. The van der Waals surface area contributed by atoms with E-state index in [4.69, 9.17) is 9.47 Å². The normalized spacial score (nSPS) is 10.8. The molecule has 0 aliphatic rings. The van der Waals surface area contributed by atoms with Gasteiger partial charge < -0.3 is 34.6 Å². The number of carbonyl (C=O) groups excluding carboxylic acids is 4. The summed E-state index contributed by atoms with van der Waals surface area (Å²) in [4.78, 5) is 53.4. The number of aryl methyl sites for hydroxylation is 2. The molecule has 0 bridgehead atoms. The first-order chi connectivity index (χ1) is 20.6. The number of nitrogens with one attached hydrogen (secondary N) is 3. The van der Waals surface area contributed by atoms with Crippen LogP contribution in [0.2, 0.25) is 0 Å². The van der Waals surface area contributed by atoms with Crippen LogP contribution >= 0.6 is 0 Å². The fourth-order valence-electron chi connectivity index (χ4n) is 4.10. The number of hydrogen-bond donors (Lipinski definition) is 3. The number of aromatic nitrogens is 3. The van der Waals surface area contributed by atoms with Crippen LogP contribution in [0.3, 0.4) is 0 Å². The molecular formula is C31H32N6O6. The molecule has 0 spiro atoms. The van der Waals surface area contributed by atoms with Crippen molar-refractivity contribution in [1.82, 2.24) is 19.4 Å². The number of ether oxygens (including phenoxy) is 2. The van der Waals surface area contributed by atoms with E-state index in [0.717, 1.165) is 11.3 Å². The Bertz CT molecular complexity index is 1650. The van der Waals surface area contributed by atoms with Crippen LogP contribution in [0.5, 0.6) is 5.75 Å². The SMILES string of the molecule is COc1ccc(/C=C/c2ccc(C(=O)Nc3cc(C(=O)Nc4cc(C(=O)NCCOC(C)=O)n(C)c4)n(C)c3)cn2)cc1. The van der Waals surface area contributed by atoms with Crippen LogP contribution < -0.4 is 20.7 Å². The van der Waals surface area contributed by atoms with Crippen molar-refractivity contribution in [2.45, 2.75) is 6.92 Å². The molecule has 12 nitrogen and oxygen atoms in total. The summed E-state index contributed by atoms with van der Waals surface area (Å²) >= 11 is 0. The molecule has 12 heteroatoms. The second-order valence-corrected chi connectivity index (χ2v) is 9.53. The van der Waals surface area contributed by atoms with Crippen LogP contribution in [0.4, 0.5) is 11.4 Å². The predicted octanol–water partition coefficient (Wildman–Crippen LogP) is 3.74. The van der Waals surface area contributed by atoms with E-state index >= 15 is 0 Å². The highest BCUT2D eigenvalue weighted by Gasteiger charge is 2.17. The highest BCUT2D eigenvalue weighted by Crippen LogP contribution is 2.19. The van der Waals surface area contributed by atoms with Gasteiger partial charge in [-0.25, -0.2) is 0 Å². The molecule has 1 aromatic carbocycles. The molecule has 3 amide bonds. The Labute approximate surface area is 248 Å². The Morgan fingerprint density at radius 2 is 1.47 bits per heavy atom. The third-order valence-electron chi connectivity index (χ3n) is 6.29. The molecule has 4 aromatic rings. The lowest BCUT2D eigenvalue weighted by Gasteiger charge is -2.05. The van der Waals surface area contributed by atoms with Crippen molar-refractivity contribution in [3.8, 4) is 5.75 Å². The molecule has 3 N–H and O–H groups in total. The third-order valence-corrected chi connectivity index (χ3v) is 6.29. The minimum Gasteiger partial charge on any atom is -0.497 e. The molecule has 3 aromatic heterocycles. The molecule has 0 fully saturated rings. The Morgan fingerprint density at radius 3 is 2.05 bits per heavy atom. The molecule has 0 atom stereocenters. The van der Waals surface area contributed by atoms with E-state index in [0.29, 0.717) is 34.0 Å². The lowest BCUT2D eigenvalue weighted by molar-refractivity contribution is -0.140. The van der Waals surface area contributed by atoms with Gasteiger partial charge in [-0.15, -0.1) is 0 Å². The summed E-state index contributed by atoms with van der Waals surface area (Å²) in [7, 11) is 4.97. The maximum Gasteiger partial charge on any atom is 0.302 e. The van der Waals surface area contributed by atoms with E-state index in [-0.39, 0.29) is 25.0 Å².